The van der Waals surface area contributed by atoms with Gasteiger partial charge in [0.25, 0.3) is 0 Å². The highest BCUT2D eigenvalue weighted by molar-refractivity contribution is 7.98. The molecular formula is C16H17N3S2. The predicted octanol–water partition coefficient (Wildman–Crippen LogP) is 3.94. The second kappa shape index (κ2) is 5.83. The molecule has 1 N–H and O–H groups in total. The standard InChI is InChI=1S/C16H17N3S2/c1-2-4-12(5-3-1)11-21-15-14(10-17-13-6-7-13)19-8-9-20-16(19)18-15/h1-5,8-9,13,17H,6-7,10-11H2. The van der Waals surface area contributed by atoms with Crippen molar-refractivity contribution in [2.24, 2.45) is 0 Å². The number of hydrogen-bond acceptors (Lipinski definition) is 4. The van der Waals surface area contributed by atoms with Crippen molar-refractivity contribution < 1.29 is 0 Å². The fraction of sp³-hybridized carbons (Fsp3) is 0.312. The molecule has 0 aliphatic heterocycles. The van der Waals surface area contributed by atoms with Crippen molar-refractivity contribution in [2.75, 3.05) is 0 Å². The van der Waals surface area contributed by atoms with Gasteiger partial charge >= 0.3 is 0 Å². The first-order valence-corrected chi connectivity index (χ1v) is 9.11. The average Bonchev–Trinajstić information content (AvgIpc) is 3.13. The molecule has 1 fully saturated rings. The van der Waals surface area contributed by atoms with Crippen LogP contribution in [-0.4, -0.2) is 15.4 Å². The summed E-state index contributed by atoms with van der Waals surface area (Å²) in [4.78, 5) is 5.89. The van der Waals surface area contributed by atoms with Gasteiger partial charge in [-0.1, -0.05) is 42.1 Å². The fourth-order valence-corrected chi connectivity index (χ4v) is 4.12. The van der Waals surface area contributed by atoms with Gasteiger partial charge in [-0.25, -0.2) is 4.98 Å². The summed E-state index contributed by atoms with van der Waals surface area (Å²) in [5, 5.41) is 6.88. The summed E-state index contributed by atoms with van der Waals surface area (Å²) in [7, 11) is 0. The van der Waals surface area contributed by atoms with Gasteiger partial charge in [0.15, 0.2) is 4.96 Å². The SMILES string of the molecule is c1ccc(CSc2nc3sccn3c2CNC2CC2)cc1. The second-order valence-corrected chi connectivity index (χ2v) is 7.19. The molecule has 2 aromatic heterocycles. The minimum atomic E-state index is 0.723. The topological polar surface area (TPSA) is 29.3 Å². The molecule has 0 spiro atoms. The Labute approximate surface area is 132 Å². The maximum atomic E-state index is 4.79. The Hall–Kier alpha value is -1.30. The Kier molecular flexibility index (Phi) is 3.71. The van der Waals surface area contributed by atoms with Crippen LogP contribution in [0.5, 0.6) is 0 Å². The smallest absolute Gasteiger partial charge is 0.194 e. The van der Waals surface area contributed by atoms with E-state index in [0.717, 1.165) is 23.3 Å². The van der Waals surface area contributed by atoms with Crippen LogP contribution in [0.2, 0.25) is 0 Å². The van der Waals surface area contributed by atoms with Crippen LogP contribution in [0.15, 0.2) is 46.9 Å². The highest BCUT2D eigenvalue weighted by Crippen LogP contribution is 2.29. The zero-order valence-electron chi connectivity index (χ0n) is 11.7. The molecule has 3 aromatic rings. The summed E-state index contributed by atoms with van der Waals surface area (Å²) in [6, 6.07) is 11.3. The molecule has 0 radical (unpaired) electrons. The number of rotatable bonds is 6. The lowest BCUT2D eigenvalue weighted by Gasteiger charge is -2.05. The zero-order valence-corrected chi connectivity index (χ0v) is 13.3. The highest BCUT2D eigenvalue weighted by Gasteiger charge is 2.22. The number of thioether (sulfide) groups is 1. The molecule has 21 heavy (non-hydrogen) atoms. The van der Waals surface area contributed by atoms with Gasteiger partial charge < -0.3 is 5.32 Å². The number of nitrogens with one attached hydrogen (secondary N) is 1. The van der Waals surface area contributed by atoms with Crippen LogP contribution in [0.3, 0.4) is 0 Å². The molecule has 3 nitrogen and oxygen atoms in total. The van der Waals surface area contributed by atoms with E-state index in [1.165, 1.54) is 29.1 Å². The summed E-state index contributed by atoms with van der Waals surface area (Å²) in [5.41, 5.74) is 2.65. The lowest BCUT2D eigenvalue weighted by atomic mass is 10.2. The van der Waals surface area contributed by atoms with Crippen LogP contribution in [0.4, 0.5) is 0 Å². The number of hydrogen-bond donors (Lipinski definition) is 1. The molecule has 0 unspecified atom stereocenters. The average molecular weight is 315 g/mol. The maximum Gasteiger partial charge on any atom is 0.194 e. The summed E-state index contributed by atoms with van der Waals surface area (Å²) >= 11 is 3.54. The molecule has 5 heteroatoms. The third kappa shape index (κ3) is 3.00. The molecule has 1 saturated carbocycles. The quantitative estimate of drug-likeness (QED) is 0.699. The van der Waals surface area contributed by atoms with Crippen molar-refractivity contribution in [3.63, 3.8) is 0 Å². The Morgan fingerprint density at radius 3 is 2.95 bits per heavy atom. The number of thiazole rings is 1. The molecular weight excluding hydrogens is 298 g/mol. The largest absolute Gasteiger partial charge is 0.308 e. The van der Waals surface area contributed by atoms with E-state index in [1.807, 2.05) is 11.8 Å². The van der Waals surface area contributed by atoms with Crippen LogP contribution >= 0.6 is 23.1 Å². The number of imidazole rings is 1. The van der Waals surface area contributed by atoms with Crippen molar-refractivity contribution in [1.82, 2.24) is 14.7 Å². The Morgan fingerprint density at radius 2 is 2.14 bits per heavy atom. The van der Waals surface area contributed by atoms with E-state index in [0.29, 0.717) is 0 Å². The van der Waals surface area contributed by atoms with Crippen molar-refractivity contribution in [3.05, 3.63) is 53.2 Å². The molecule has 2 heterocycles. The summed E-state index contributed by atoms with van der Waals surface area (Å²) in [6.07, 6.45) is 4.76. The Morgan fingerprint density at radius 1 is 1.29 bits per heavy atom. The first-order valence-electron chi connectivity index (χ1n) is 7.25. The van der Waals surface area contributed by atoms with E-state index in [4.69, 9.17) is 4.98 Å². The molecule has 1 aliphatic carbocycles. The monoisotopic (exact) mass is 315 g/mol. The van der Waals surface area contributed by atoms with Gasteiger partial charge in [-0.2, -0.15) is 0 Å². The number of benzene rings is 1. The lowest BCUT2D eigenvalue weighted by molar-refractivity contribution is 0.661. The van der Waals surface area contributed by atoms with Crippen LogP contribution < -0.4 is 5.32 Å². The van der Waals surface area contributed by atoms with E-state index in [-0.39, 0.29) is 0 Å². The van der Waals surface area contributed by atoms with Gasteiger partial charge in [0, 0.05) is 29.9 Å². The van der Waals surface area contributed by atoms with E-state index >= 15 is 0 Å². The predicted molar refractivity (Wildman–Crippen MR) is 88.9 cm³/mol. The van der Waals surface area contributed by atoms with Crippen molar-refractivity contribution in [2.45, 2.75) is 36.2 Å². The summed E-state index contributed by atoms with van der Waals surface area (Å²) in [6.45, 7) is 0.916. The van der Waals surface area contributed by atoms with Gasteiger partial charge in [0.1, 0.15) is 5.03 Å². The normalized spacial score (nSPS) is 14.9. The molecule has 108 valence electrons. The van der Waals surface area contributed by atoms with Crippen molar-refractivity contribution >= 4 is 28.1 Å². The van der Waals surface area contributed by atoms with Crippen LogP contribution in [0.1, 0.15) is 24.1 Å². The van der Waals surface area contributed by atoms with Gasteiger partial charge in [-0.3, -0.25) is 4.40 Å². The van der Waals surface area contributed by atoms with Gasteiger partial charge in [-0.05, 0) is 18.4 Å². The van der Waals surface area contributed by atoms with E-state index in [2.05, 4.69) is 51.6 Å². The fourth-order valence-electron chi connectivity index (χ4n) is 2.34. The second-order valence-electron chi connectivity index (χ2n) is 5.35. The van der Waals surface area contributed by atoms with Gasteiger partial charge in [0.2, 0.25) is 0 Å². The van der Waals surface area contributed by atoms with Crippen molar-refractivity contribution in [3.8, 4) is 0 Å². The molecule has 1 aromatic carbocycles. The minimum Gasteiger partial charge on any atom is -0.308 e. The third-order valence-corrected chi connectivity index (χ3v) is 5.51. The minimum absolute atomic E-state index is 0.723. The molecule has 0 saturated heterocycles. The van der Waals surface area contributed by atoms with E-state index in [1.54, 1.807) is 11.3 Å². The third-order valence-electron chi connectivity index (χ3n) is 3.68. The molecule has 4 rings (SSSR count). The summed E-state index contributed by atoms with van der Waals surface area (Å²) < 4.78 is 2.23. The Bertz CT molecular complexity index is 728. The van der Waals surface area contributed by atoms with Gasteiger partial charge in [0.05, 0.1) is 5.69 Å². The molecule has 0 bridgehead atoms. The Balaban J connectivity index is 1.54. The van der Waals surface area contributed by atoms with Crippen LogP contribution in [0, 0.1) is 0 Å². The number of fused-ring (bicyclic) bond motifs is 1. The molecule has 0 amide bonds. The van der Waals surface area contributed by atoms with Crippen LogP contribution in [0.25, 0.3) is 4.96 Å². The molecule has 0 atom stereocenters. The van der Waals surface area contributed by atoms with Crippen LogP contribution in [-0.2, 0) is 12.3 Å². The van der Waals surface area contributed by atoms with E-state index in [9.17, 15) is 0 Å². The summed E-state index contributed by atoms with van der Waals surface area (Å²) in [5.74, 6) is 0.974. The van der Waals surface area contributed by atoms with E-state index < -0.39 is 0 Å². The molecule has 1 aliphatic rings. The number of nitrogens with zero attached hydrogens (tertiary/aromatic N) is 2. The lowest BCUT2D eigenvalue weighted by Crippen LogP contribution is -2.16. The van der Waals surface area contributed by atoms with Crippen molar-refractivity contribution in [1.29, 1.82) is 0 Å². The highest BCUT2D eigenvalue weighted by atomic mass is 32.2. The first kappa shape index (κ1) is 13.4. The zero-order chi connectivity index (χ0) is 14.1. The van der Waals surface area contributed by atoms with Gasteiger partial charge in [-0.15, -0.1) is 11.3 Å². The number of aromatic nitrogens is 2. The maximum absolute atomic E-state index is 4.79. The first-order chi connectivity index (χ1) is 10.4.